The van der Waals surface area contributed by atoms with Crippen LogP contribution < -0.4 is 0 Å². The van der Waals surface area contributed by atoms with Gasteiger partial charge in [0, 0.05) is 12.8 Å². The van der Waals surface area contributed by atoms with Crippen molar-refractivity contribution in [3.8, 4) is 0 Å². The fraction of sp³-hybridized carbons (Fsp3) is 0.714. The highest BCUT2D eigenvalue weighted by molar-refractivity contribution is 5.72. The molecule has 194 valence electrons. The summed E-state index contributed by atoms with van der Waals surface area (Å²) in [4.78, 5) is 23.7. The van der Waals surface area contributed by atoms with Gasteiger partial charge < -0.3 is 9.47 Å². The van der Waals surface area contributed by atoms with Crippen LogP contribution in [-0.2, 0) is 19.1 Å². The highest BCUT2D eigenvalue weighted by atomic mass is 19.1. The fourth-order valence-electron chi connectivity index (χ4n) is 3.97. The van der Waals surface area contributed by atoms with Crippen LogP contribution >= 0.6 is 0 Å². The van der Waals surface area contributed by atoms with Crippen molar-refractivity contribution in [3.63, 3.8) is 0 Å². The lowest BCUT2D eigenvalue weighted by Gasteiger charge is -2.15. The van der Waals surface area contributed by atoms with Gasteiger partial charge in [0.2, 0.25) is 0 Å². The van der Waals surface area contributed by atoms with Crippen LogP contribution in [0, 0.1) is 11.6 Å². The van der Waals surface area contributed by atoms with Gasteiger partial charge in [0.25, 0.3) is 0 Å². The average Bonchev–Trinajstić information content (AvgIpc) is 2.79. The Balaban J connectivity index is 1.96. The number of ether oxygens (including phenoxy) is 2. The molecule has 0 aliphatic rings. The van der Waals surface area contributed by atoms with Crippen molar-refractivity contribution in [2.24, 2.45) is 0 Å². The van der Waals surface area contributed by atoms with Crippen LogP contribution in [0.15, 0.2) is 18.2 Å². The molecule has 0 aliphatic carbocycles. The van der Waals surface area contributed by atoms with Gasteiger partial charge in [0.05, 0.1) is 12.2 Å². The number of unbranched alkanes of at least 4 members (excludes halogenated alkanes) is 12. The van der Waals surface area contributed by atoms with Gasteiger partial charge in [-0.15, -0.1) is 0 Å². The maximum atomic E-state index is 13.7. The highest BCUT2D eigenvalue weighted by Gasteiger charge is 2.19. The fourth-order valence-corrected chi connectivity index (χ4v) is 3.97. The molecule has 0 spiro atoms. The van der Waals surface area contributed by atoms with Crippen LogP contribution in [0.2, 0.25) is 0 Å². The predicted molar refractivity (Wildman–Crippen MR) is 131 cm³/mol. The Hall–Kier alpha value is -1.98. The van der Waals surface area contributed by atoms with E-state index in [1.54, 1.807) is 0 Å². The van der Waals surface area contributed by atoms with E-state index in [1.807, 2.05) is 0 Å². The Morgan fingerprint density at radius 2 is 1.21 bits per heavy atom. The van der Waals surface area contributed by atoms with Crippen molar-refractivity contribution in [3.05, 3.63) is 35.4 Å². The predicted octanol–water partition coefficient (Wildman–Crippen LogP) is 8.37. The molecule has 0 amide bonds. The molecule has 0 bridgehead atoms. The molecule has 6 heteroatoms. The second-order valence-electron chi connectivity index (χ2n) is 9.08. The highest BCUT2D eigenvalue weighted by Crippen LogP contribution is 2.24. The van der Waals surface area contributed by atoms with Crippen molar-refractivity contribution in [2.45, 2.75) is 123 Å². The van der Waals surface area contributed by atoms with Crippen LogP contribution in [0.25, 0.3) is 0 Å². The third-order valence-corrected chi connectivity index (χ3v) is 5.99. The summed E-state index contributed by atoms with van der Waals surface area (Å²) in [6.45, 7) is 4.07. The van der Waals surface area contributed by atoms with Crippen molar-refractivity contribution in [2.75, 3.05) is 6.61 Å². The SMILES string of the molecule is CCCCCCCCCCCCCCCOC(=O)CCCC(=O)OC(C)c1c(F)cccc1F. The van der Waals surface area contributed by atoms with E-state index in [-0.39, 0.29) is 30.8 Å². The Labute approximate surface area is 204 Å². The molecular weight excluding hydrogens is 438 g/mol. The van der Waals surface area contributed by atoms with Gasteiger partial charge in [-0.1, -0.05) is 90.0 Å². The van der Waals surface area contributed by atoms with Gasteiger partial charge in [-0.05, 0) is 31.9 Å². The summed E-state index contributed by atoms with van der Waals surface area (Å²) < 4.78 is 37.8. The van der Waals surface area contributed by atoms with Crippen molar-refractivity contribution < 1.29 is 27.8 Å². The molecule has 4 nitrogen and oxygen atoms in total. The summed E-state index contributed by atoms with van der Waals surface area (Å²) in [5.74, 6) is -2.44. The molecular formula is C28H44F2O4. The lowest BCUT2D eigenvalue weighted by atomic mass is 10.0. The molecule has 1 atom stereocenters. The Bertz CT molecular complexity index is 673. The van der Waals surface area contributed by atoms with Crippen molar-refractivity contribution in [1.82, 2.24) is 0 Å². The summed E-state index contributed by atoms with van der Waals surface area (Å²) >= 11 is 0. The Morgan fingerprint density at radius 3 is 1.74 bits per heavy atom. The monoisotopic (exact) mass is 482 g/mol. The molecule has 34 heavy (non-hydrogen) atoms. The number of halogens is 2. The molecule has 1 aromatic rings. The van der Waals surface area contributed by atoms with E-state index in [1.165, 1.54) is 83.6 Å². The average molecular weight is 483 g/mol. The van der Waals surface area contributed by atoms with E-state index >= 15 is 0 Å². The maximum absolute atomic E-state index is 13.7. The number of hydrogen-bond acceptors (Lipinski definition) is 4. The number of hydrogen-bond donors (Lipinski definition) is 0. The summed E-state index contributed by atoms with van der Waals surface area (Å²) in [7, 11) is 0. The first kappa shape index (κ1) is 30.1. The summed E-state index contributed by atoms with van der Waals surface area (Å²) in [6, 6.07) is 3.50. The Kier molecular flexibility index (Phi) is 17.1. The molecule has 0 saturated carbocycles. The van der Waals surface area contributed by atoms with Gasteiger partial charge in [0.15, 0.2) is 0 Å². The lowest BCUT2D eigenvalue weighted by Crippen LogP contribution is -2.12. The number of rotatable bonds is 20. The number of benzene rings is 1. The van der Waals surface area contributed by atoms with E-state index in [9.17, 15) is 18.4 Å². The third kappa shape index (κ3) is 14.3. The number of esters is 2. The van der Waals surface area contributed by atoms with Gasteiger partial charge in [-0.3, -0.25) is 9.59 Å². The van der Waals surface area contributed by atoms with E-state index in [2.05, 4.69) is 6.92 Å². The van der Waals surface area contributed by atoms with Gasteiger partial charge >= 0.3 is 11.9 Å². The molecule has 0 radical (unpaired) electrons. The van der Waals surface area contributed by atoms with Crippen LogP contribution in [0.1, 0.15) is 128 Å². The first-order valence-electron chi connectivity index (χ1n) is 13.2. The summed E-state index contributed by atoms with van der Waals surface area (Å²) in [5, 5.41) is 0. The zero-order valence-electron chi connectivity index (χ0n) is 21.2. The molecule has 0 heterocycles. The molecule has 1 aromatic carbocycles. The standard InChI is InChI=1S/C28H44F2O4/c1-3-4-5-6-7-8-9-10-11-12-13-14-15-22-33-26(31)20-17-21-27(32)34-23(2)28-24(29)18-16-19-25(28)30/h16,18-19,23H,3-15,17,20-22H2,1-2H3. The molecule has 1 unspecified atom stereocenters. The third-order valence-electron chi connectivity index (χ3n) is 5.99. The minimum absolute atomic E-state index is 0.00570. The van der Waals surface area contributed by atoms with Crippen molar-refractivity contribution >= 4 is 11.9 Å². The number of carbonyl (C=O) groups excluding carboxylic acids is 2. The molecule has 1 rings (SSSR count). The molecule has 0 saturated heterocycles. The molecule has 0 aliphatic heterocycles. The van der Waals surface area contributed by atoms with Crippen molar-refractivity contribution in [1.29, 1.82) is 0 Å². The van der Waals surface area contributed by atoms with Gasteiger partial charge in [0.1, 0.15) is 17.7 Å². The van der Waals surface area contributed by atoms with Crippen LogP contribution in [-0.4, -0.2) is 18.5 Å². The first-order chi connectivity index (χ1) is 16.5. The van der Waals surface area contributed by atoms with Crippen LogP contribution in [0.4, 0.5) is 8.78 Å². The smallest absolute Gasteiger partial charge is 0.306 e. The van der Waals surface area contributed by atoms with E-state index in [4.69, 9.17) is 9.47 Å². The van der Waals surface area contributed by atoms with E-state index < -0.39 is 23.7 Å². The summed E-state index contributed by atoms with van der Waals surface area (Å²) in [6.07, 6.45) is 15.8. The topological polar surface area (TPSA) is 52.6 Å². The minimum atomic E-state index is -1.03. The van der Waals surface area contributed by atoms with Gasteiger partial charge in [-0.25, -0.2) is 8.78 Å². The quantitative estimate of drug-likeness (QED) is 0.138. The normalized spacial score (nSPS) is 11.9. The molecule has 0 N–H and O–H groups in total. The molecule has 0 aromatic heterocycles. The van der Waals surface area contributed by atoms with E-state index in [0.717, 1.165) is 25.0 Å². The minimum Gasteiger partial charge on any atom is -0.466 e. The maximum Gasteiger partial charge on any atom is 0.306 e. The Morgan fingerprint density at radius 1 is 0.735 bits per heavy atom. The zero-order valence-corrected chi connectivity index (χ0v) is 21.2. The van der Waals surface area contributed by atoms with Crippen LogP contribution in [0.5, 0.6) is 0 Å². The lowest BCUT2D eigenvalue weighted by molar-refractivity contribution is -0.149. The summed E-state index contributed by atoms with van der Waals surface area (Å²) in [5.41, 5.74) is -0.270. The largest absolute Gasteiger partial charge is 0.466 e. The number of carbonyl (C=O) groups is 2. The molecule has 0 fully saturated rings. The zero-order chi connectivity index (χ0) is 25.0. The van der Waals surface area contributed by atoms with Crippen LogP contribution in [0.3, 0.4) is 0 Å². The second-order valence-corrected chi connectivity index (χ2v) is 9.08. The van der Waals surface area contributed by atoms with Gasteiger partial charge in [-0.2, -0.15) is 0 Å². The first-order valence-corrected chi connectivity index (χ1v) is 13.2. The second kappa shape index (κ2) is 19.3. The van der Waals surface area contributed by atoms with E-state index in [0.29, 0.717) is 6.61 Å².